The van der Waals surface area contributed by atoms with E-state index in [-0.39, 0.29) is 0 Å². The van der Waals surface area contributed by atoms with Crippen LogP contribution in [0.1, 0.15) is 45.3 Å². The van der Waals surface area contributed by atoms with Crippen molar-refractivity contribution in [3.05, 3.63) is 29.8 Å². The average Bonchev–Trinajstić information content (AvgIpc) is 2.51. The van der Waals surface area contributed by atoms with Gasteiger partial charge in [0.05, 0.1) is 13.2 Å². The van der Waals surface area contributed by atoms with E-state index in [1.807, 2.05) is 24.3 Å². The van der Waals surface area contributed by atoms with E-state index >= 15 is 0 Å². The van der Waals surface area contributed by atoms with Gasteiger partial charge in [-0.1, -0.05) is 45.7 Å². The number of methoxy groups -OCH3 is 1. The molecule has 0 aliphatic rings. The summed E-state index contributed by atoms with van der Waals surface area (Å²) in [4.78, 5) is 2.34. The van der Waals surface area contributed by atoms with Crippen LogP contribution in [0.3, 0.4) is 0 Å². The highest BCUT2D eigenvalue weighted by molar-refractivity contribution is 5.29. The van der Waals surface area contributed by atoms with Crippen LogP contribution in [0, 0.1) is 5.92 Å². The largest absolute Gasteiger partial charge is 0.497 e. The van der Waals surface area contributed by atoms with Gasteiger partial charge in [-0.05, 0) is 30.2 Å². The van der Waals surface area contributed by atoms with Crippen molar-refractivity contribution < 1.29 is 9.84 Å². The summed E-state index contributed by atoms with van der Waals surface area (Å²) in [5, 5.41) is 10.4. The lowest BCUT2D eigenvalue weighted by Crippen LogP contribution is -2.33. The number of aliphatic hydroxyl groups excluding tert-OH is 1. The Bertz CT molecular complexity index is 377. The molecule has 0 bridgehead atoms. The lowest BCUT2D eigenvalue weighted by atomic mass is 10.0. The molecule has 1 aromatic rings. The first-order valence-corrected chi connectivity index (χ1v) is 7.68. The molecule has 0 radical (unpaired) electrons. The number of likely N-dealkylation sites (N-methyl/N-ethyl adjacent to an activating group) is 1. The predicted molar refractivity (Wildman–Crippen MR) is 84.1 cm³/mol. The molecule has 3 heteroatoms. The third-order valence-electron chi connectivity index (χ3n) is 4.03. The number of hydrogen-bond acceptors (Lipinski definition) is 3. The highest BCUT2D eigenvalue weighted by atomic mass is 16.5. The van der Waals surface area contributed by atoms with Crippen molar-refractivity contribution >= 4 is 0 Å². The van der Waals surface area contributed by atoms with Gasteiger partial charge in [-0.25, -0.2) is 0 Å². The summed E-state index contributed by atoms with van der Waals surface area (Å²) in [7, 11) is 1.65. The molecule has 0 amide bonds. The molecule has 0 saturated carbocycles. The second-order valence-electron chi connectivity index (χ2n) is 5.33. The molecule has 1 N–H and O–H groups in total. The van der Waals surface area contributed by atoms with Gasteiger partial charge in [0, 0.05) is 13.1 Å². The highest BCUT2D eigenvalue weighted by Crippen LogP contribution is 2.20. The summed E-state index contributed by atoms with van der Waals surface area (Å²) in [5.74, 6) is 1.51. The van der Waals surface area contributed by atoms with Gasteiger partial charge in [-0.15, -0.1) is 0 Å². The molecule has 0 aliphatic heterocycles. The van der Waals surface area contributed by atoms with Crippen molar-refractivity contribution in [3.8, 4) is 5.75 Å². The Labute approximate surface area is 123 Å². The van der Waals surface area contributed by atoms with Crippen LogP contribution in [0.25, 0.3) is 0 Å². The fourth-order valence-corrected chi connectivity index (χ4v) is 2.44. The minimum absolute atomic E-state index is 0.459. The summed E-state index contributed by atoms with van der Waals surface area (Å²) >= 11 is 0. The minimum Gasteiger partial charge on any atom is -0.497 e. The summed E-state index contributed by atoms with van der Waals surface area (Å²) in [6.07, 6.45) is 1.93. The Morgan fingerprint density at radius 3 is 2.40 bits per heavy atom. The molecule has 0 heterocycles. The zero-order valence-corrected chi connectivity index (χ0v) is 13.3. The Kier molecular flexibility index (Phi) is 7.63. The van der Waals surface area contributed by atoms with Crippen molar-refractivity contribution in [1.82, 2.24) is 4.90 Å². The zero-order chi connectivity index (χ0) is 15.0. The monoisotopic (exact) mass is 279 g/mol. The van der Waals surface area contributed by atoms with E-state index in [0.717, 1.165) is 24.4 Å². The van der Waals surface area contributed by atoms with Crippen molar-refractivity contribution in [2.75, 3.05) is 26.7 Å². The maximum absolute atomic E-state index is 10.4. The molecule has 1 aromatic carbocycles. The van der Waals surface area contributed by atoms with E-state index in [4.69, 9.17) is 4.74 Å². The number of rotatable bonds is 9. The van der Waals surface area contributed by atoms with Gasteiger partial charge in [0.2, 0.25) is 0 Å². The Morgan fingerprint density at radius 1 is 1.15 bits per heavy atom. The first-order valence-electron chi connectivity index (χ1n) is 7.68. The van der Waals surface area contributed by atoms with Crippen molar-refractivity contribution in [3.63, 3.8) is 0 Å². The smallest absolute Gasteiger partial charge is 0.119 e. The van der Waals surface area contributed by atoms with Crippen LogP contribution in [0.4, 0.5) is 0 Å². The predicted octanol–water partition coefficient (Wildman–Crippen LogP) is 3.49. The van der Waals surface area contributed by atoms with E-state index in [1.165, 1.54) is 12.8 Å². The number of aliphatic hydroxyl groups is 1. The second kappa shape index (κ2) is 8.98. The number of benzene rings is 1. The van der Waals surface area contributed by atoms with E-state index < -0.39 is 6.10 Å². The van der Waals surface area contributed by atoms with Gasteiger partial charge < -0.3 is 14.7 Å². The van der Waals surface area contributed by atoms with Crippen molar-refractivity contribution in [2.24, 2.45) is 5.92 Å². The topological polar surface area (TPSA) is 32.7 Å². The van der Waals surface area contributed by atoms with Crippen LogP contribution in [0.2, 0.25) is 0 Å². The SMILES string of the molecule is CCC(CC)CN(CC)CC(O)c1cccc(OC)c1. The summed E-state index contributed by atoms with van der Waals surface area (Å²) in [5.41, 5.74) is 0.923. The van der Waals surface area contributed by atoms with Crippen molar-refractivity contribution in [1.29, 1.82) is 0 Å². The van der Waals surface area contributed by atoms with Crippen molar-refractivity contribution in [2.45, 2.75) is 39.7 Å². The van der Waals surface area contributed by atoms with E-state index in [1.54, 1.807) is 7.11 Å². The Morgan fingerprint density at radius 2 is 1.85 bits per heavy atom. The summed E-state index contributed by atoms with van der Waals surface area (Å²) < 4.78 is 5.21. The van der Waals surface area contributed by atoms with Gasteiger partial charge >= 0.3 is 0 Å². The Hall–Kier alpha value is -1.06. The van der Waals surface area contributed by atoms with Crippen LogP contribution in [-0.2, 0) is 0 Å². The molecule has 0 saturated heterocycles. The highest BCUT2D eigenvalue weighted by Gasteiger charge is 2.15. The summed E-state index contributed by atoms with van der Waals surface area (Å²) in [6.45, 7) is 9.34. The second-order valence-corrected chi connectivity index (χ2v) is 5.33. The van der Waals surface area contributed by atoms with Crippen LogP contribution in [0.15, 0.2) is 24.3 Å². The van der Waals surface area contributed by atoms with Gasteiger partial charge in [0.25, 0.3) is 0 Å². The van der Waals surface area contributed by atoms with Gasteiger partial charge in [0.15, 0.2) is 0 Å². The van der Waals surface area contributed by atoms with Gasteiger partial charge in [-0.2, -0.15) is 0 Å². The van der Waals surface area contributed by atoms with Crippen LogP contribution >= 0.6 is 0 Å². The van der Waals surface area contributed by atoms with Crippen LogP contribution in [-0.4, -0.2) is 36.8 Å². The number of nitrogens with zero attached hydrogens (tertiary/aromatic N) is 1. The number of ether oxygens (including phenoxy) is 1. The first kappa shape index (κ1) is 17.0. The van der Waals surface area contributed by atoms with E-state index in [0.29, 0.717) is 12.5 Å². The molecule has 0 spiro atoms. The molecule has 1 rings (SSSR count). The van der Waals surface area contributed by atoms with Gasteiger partial charge in [-0.3, -0.25) is 0 Å². The quantitative estimate of drug-likeness (QED) is 0.751. The normalized spacial score (nSPS) is 12.9. The molecular formula is C17H29NO2. The molecule has 0 aromatic heterocycles. The summed E-state index contributed by atoms with van der Waals surface area (Å²) in [6, 6.07) is 7.69. The molecule has 20 heavy (non-hydrogen) atoms. The molecule has 3 nitrogen and oxygen atoms in total. The van der Waals surface area contributed by atoms with E-state index in [2.05, 4.69) is 25.7 Å². The van der Waals surface area contributed by atoms with Gasteiger partial charge in [0.1, 0.15) is 5.75 Å². The molecule has 1 unspecified atom stereocenters. The third kappa shape index (κ3) is 5.14. The molecular weight excluding hydrogens is 250 g/mol. The van der Waals surface area contributed by atoms with Crippen LogP contribution in [0.5, 0.6) is 5.75 Å². The fourth-order valence-electron chi connectivity index (χ4n) is 2.44. The lowest BCUT2D eigenvalue weighted by Gasteiger charge is -2.27. The zero-order valence-electron chi connectivity index (χ0n) is 13.3. The molecule has 1 atom stereocenters. The number of hydrogen-bond donors (Lipinski definition) is 1. The third-order valence-corrected chi connectivity index (χ3v) is 4.03. The van der Waals surface area contributed by atoms with Crippen LogP contribution < -0.4 is 4.74 Å². The maximum atomic E-state index is 10.4. The first-order chi connectivity index (χ1) is 9.64. The average molecular weight is 279 g/mol. The maximum Gasteiger partial charge on any atom is 0.119 e. The molecule has 0 fully saturated rings. The van der Waals surface area contributed by atoms with E-state index in [9.17, 15) is 5.11 Å². The molecule has 114 valence electrons. The fraction of sp³-hybridized carbons (Fsp3) is 0.647. The minimum atomic E-state index is -0.459. The molecule has 0 aliphatic carbocycles. The Balaban J connectivity index is 2.63. The lowest BCUT2D eigenvalue weighted by molar-refractivity contribution is 0.105. The standard InChI is InChI=1S/C17H29NO2/c1-5-14(6-2)12-18(7-3)13-17(19)15-9-8-10-16(11-15)20-4/h8-11,14,17,19H,5-7,12-13H2,1-4H3.